The minimum absolute atomic E-state index is 0.00568. The highest BCUT2D eigenvalue weighted by Crippen LogP contribution is 2.31. The standard InChI is InChI=1S/C26H26FN3O4/c1-16(2)22-10-11-23(29-28-22)17-6-8-19(9-7-17)34-24-14-20(26(32)33)21(27)13-18(24)15-30-12-4-3-5-25(30)31/h6-11,13-14,16H,3-5,12,15H2,1-2H3,(H,32,33). The summed E-state index contributed by atoms with van der Waals surface area (Å²) in [6.45, 7) is 4.83. The van der Waals surface area contributed by atoms with Gasteiger partial charge in [-0.05, 0) is 67.3 Å². The monoisotopic (exact) mass is 463 g/mol. The van der Waals surface area contributed by atoms with Crippen molar-refractivity contribution in [3.05, 3.63) is 71.2 Å². The second-order valence-corrected chi connectivity index (χ2v) is 8.64. The Hall–Kier alpha value is -3.81. The molecule has 0 atom stereocenters. The van der Waals surface area contributed by atoms with E-state index in [9.17, 15) is 19.1 Å². The molecule has 3 aromatic rings. The number of ether oxygens (including phenoxy) is 1. The number of benzene rings is 2. The molecule has 1 N–H and O–H groups in total. The van der Waals surface area contributed by atoms with E-state index in [2.05, 4.69) is 24.0 Å². The molecule has 8 heteroatoms. The number of carbonyl (C=O) groups excluding carboxylic acids is 1. The number of carboxylic acids is 1. The van der Waals surface area contributed by atoms with Gasteiger partial charge >= 0.3 is 5.97 Å². The van der Waals surface area contributed by atoms with Crippen LogP contribution in [0.4, 0.5) is 4.39 Å². The van der Waals surface area contributed by atoms with Crippen molar-refractivity contribution in [2.24, 2.45) is 0 Å². The van der Waals surface area contributed by atoms with Gasteiger partial charge in [-0.1, -0.05) is 13.8 Å². The van der Waals surface area contributed by atoms with Crippen molar-refractivity contribution in [1.82, 2.24) is 15.1 Å². The summed E-state index contributed by atoms with van der Waals surface area (Å²) in [5.41, 5.74) is 2.40. The van der Waals surface area contributed by atoms with Crippen LogP contribution in [0.15, 0.2) is 48.5 Å². The number of amides is 1. The van der Waals surface area contributed by atoms with Crippen LogP contribution in [0.3, 0.4) is 0 Å². The molecule has 0 spiro atoms. The molecule has 1 aliphatic rings. The van der Waals surface area contributed by atoms with Crippen molar-refractivity contribution in [2.75, 3.05) is 6.54 Å². The maximum atomic E-state index is 14.4. The Balaban J connectivity index is 1.59. The van der Waals surface area contributed by atoms with Gasteiger partial charge in [-0.25, -0.2) is 9.18 Å². The Morgan fingerprint density at radius 2 is 1.88 bits per heavy atom. The molecule has 1 amide bonds. The third kappa shape index (κ3) is 5.22. The van der Waals surface area contributed by atoms with Gasteiger partial charge in [0, 0.05) is 30.6 Å². The highest BCUT2D eigenvalue weighted by molar-refractivity contribution is 5.88. The molecule has 176 valence electrons. The maximum absolute atomic E-state index is 14.4. The van der Waals surface area contributed by atoms with Gasteiger partial charge in [0.15, 0.2) is 0 Å². The lowest BCUT2D eigenvalue weighted by atomic mass is 10.1. The Morgan fingerprint density at radius 3 is 2.50 bits per heavy atom. The second-order valence-electron chi connectivity index (χ2n) is 8.64. The highest BCUT2D eigenvalue weighted by Gasteiger charge is 2.22. The fourth-order valence-electron chi connectivity index (χ4n) is 3.84. The number of likely N-dealkylation sites (tertiary alicyclic amines) is 1. The molecule has 2 heterocycles. The third-order valence-electron chi connectivity index (χ3n) is 5.82. The van der Waals surface area contributed by atoms with E-state index in [1.807, 2.05) is 24.3 Å². The predicted molar refractivity (Wildman–Crippen MR) is 124 cm³/mol. The Bertz CT molecular complexity index is 1190. The average Bonchev–Trinajstić information content (AvgIpc) is 2.82. The van der Waals surface area contributed by atoms with Gasteiger partial charge in [-0.2, -0.15) is 10.2 Å². The molecular formula is C26H26FN3O4. The quantitative estimate of drug-likeness (QED) is 0.504. The molecule has 34 heavy (non-hydrogen) atoms. The molecule has 2 aromatic carbocycles. The maximum Gasteiger partial charge on any atom is 0.338 e. The number of rotatable bonds is 7. The fraction of sp³-hybridized carbons (Fsp3) is 0.308. The number of carboxylic acid groups (broad SMARTS) is 1. The zero-order valence-corrected chi connectivity index (χ0v) is 19.1. The average molecular weight is 464 g/mol. The van der Waals surface area contributed by atoms with E-state index in [1.54, 1.807) is 17.0 Å². The van der Waals surface area contributed by atoms with E-state index in [4.69, 9.17) is 4.74 Å². The molecule has 1 saturated heterocycles. The van der Waals surface area contributed by atoms with Crippen LogP contribution in [0.25, 0.3) is 11.3 Å². The van der Waals surface area contributed by atoms with Crippen molar-refractivity contribution in [3.63, 3.8) is 0 Å². The van der Waals surface area contributed by atoms with Crippen LogP contribution < -0.4 is 4.74 Å². The Morgan fingerprint density at radius 1 is 1.12 bits per heavy atom. The summed E-state index contributed by atoms with van der Waals surface area (Å²) in [7, 11) is 0. The lowest BCUT2D eigenvalue weighted by molar-refractivity contribution is -0.133. The summed E-state index contributed by atoms with van der Waals surface area (Å²) in [6.07, 6.45) is 2.16. The minimum atomic E-state index is -1.39. The first kappa shape index (κ1) is 23.4. The van der Waals surface area contributed by atoms with Gasteiger partial charge in [-0.3, -0.25) is 4.79 Å². The van der Waals surface area contributed by atoms with E-state index < -0.39 is 17.3 Å². The highest BCUT2D eigenvalue weighted by atomic mass is 19.1. The zero-order valence-electron chi connectivity index (χ0n) is 19.1. The summed E-state index contributed by atoms with van der Waals surface area (Å²) in [5, 5.41) is 17.9. The van der Waals surface area contributed by atoms with Gasteiger partial charge in [0.05, 0.1) is 17.0 Å². The number of hydrogen-bond acceptors (Lipinski definition) is 5. The van der Waals surface area contributed by atoms with Crippen molar-refractivity contribution < 1.29 is 23.8 Å². The Kier molecular flexibility index (Phi) is 6.86. The number of aromatic nitrogens is 2. The first-order chi connectivity index (χ1) is 16.3. The van der Waals surface area contributed by atoms with Crippen molar-refractivity contribution in [3.8, 4) is 22.8 Å². The van der Waals surface area contributed by atoms with Crippen LogP contribution in [-0.2, 0) is 11.3 Å². The summed E-state index contributed by atoms with van der Waals surface area (Å²) < 4.78 is 20.4. The molecule has 1 aliphatic heterocycles. The van der Waals surface area contributed by atoms with E-state index in [1.165, 1.54) is 6.07 Å². The van der Waals surface area contributed by atoms with Crippen LogP contribution in [0, 0.1) is 5.82 Å². The second kappa shape index (κ2) is 9.99. The number of piperidine rings is 1. The SMILES string of the molecule is CC(C)c1ccc(-c2ccc(Oc3cc(C(=O)O)c(F)cc3CN3CCCCC3=O)cc2)nn1. The normalized spacial score (nSPS) is 13.9. The van der Waals surface area contributed by atoms with Crippen molar-refractivity contribution >= 4 is 11.9 Å². The molecule has 4 rings (SSSR count). The van der Waals surface area contributed by atoms with E-state index in [0.29, 0.717) is 24.3 Å². The van der Waals surface area contributed by atoms with Crippen LogP contribution in [0.1, 0.15) is 60.6 Å². The summed E-state index contributed by atoms with van der Waals surface area (Å²) in [6, 6.07) is 13.3. The zero-order chi connectivity index (χ0) is 24.2. The number of carbonyl (C=O) groups is 2. The van der Waals surface area contributed by atoms with E-state index in [-0.39, 0.29) is 24.1 Å². The van der Waals surface area contributed by atoms with Crippen molar-refractivity contribution in [1.29, 1.82) is 0 Å². The third-order valence-corrected chi connectivity index (χ3v) is 5.82. The smallest absolute Gasteiger partial charge is 0.338 e. The van der Waals surface area contributed by atoms with Crippen LogP contribution in [0.2, 0.25) is 0 Å². The molecular weight excluding hydrogens is 437 g/mol. The van der Waals surface area contributed by atoms with Gasteiger partial charge in [0.2, 0.25) is 5.91 Å². The number of hydrogen-bond donors (Lipinski definition) is 1. The summed E-state index contributed by atoms with van der Waals surface area (Å²) in [5.74, 6) is -1.32. The lowest BCUT2D eigenvalue weighted by Gasteiger charge is -2.27. The first-order valence-corrected chi connectivity index (χ1v) is 11.3. The number of aromatic carboxylic acids is 1. The Labute approximate surface area is 197 Å². The summed E-state index contributed by atoms with van der Waals surface area (Å²) >= 11 is 0. The fourth-order valence-corrected chi connectivity index (χ4v) is 3.84. The molecule has 1 fully saturated rings. The van der Waals surface area contributed by atoms with Gasteiger partial charge in [-0.15, -0.1) is 0 Å². The summed E-state index contributed by atoms with van der Waals surface area (Å²) in [4.78, 5) is 25.4. The van der Waals surface area contributed by atoms with Gasteiger partial charge in [0.1, 0.15) is 17.3 Å². The number of halogens is 1. The molecule has 0 radical (unpaired) electrons. The van der Waals surface area contributed by atoms with Crippen LogP contribution in [-0.4, -0.2) is 38.6 Å². The molecule has 0 aliphatic carbocycles. The number of nitrogens with zero attached hydrogens (tertiary/aromatic N) is 3. The van der Waals surface area contributed by atoms with Crippen molar-refractivity contribution in [2.45, 2.75) is 45.6 Å². The largest absolute Gasteiger partial charge is 0.478 e. The van der Waals surface area contributed by atoms with Gasteiger partial charge in [0.25, 0.3) is 0 Å². The first-order valence-electron chi connectivity index (χ1n) is 11.3. The molecule has 1 aromatic heterocycles. The van der Waals surface area contributed by atoms with Gasteiger partial charge < -0.3 is 14.7 Å². The van der Waals surface area contributed by atoms with E-state index >= 15 is 0 Å². The topological polar surface area (TPSA) is 92.6 Å². The molecule has 0 unspecified atom stereocenters. The van der Waals surface area contributed by atoms with Crippen LogP contribution >= 0.6 is 0 Å². The van der Waals surface area contributed by atoms with Crippen LogP contribution in [0.5, 0.6) is 11.5 Å². The predicted octanol–water partition coefficient (Wildman–Crippen LogP) is 5.41. The molecule has 0 saturated carbocycles. The minimum Gasteiger partial charge on any atom is -0.478 e. The van der Waals surface area contributed by atoms with E-state index in [0.717, 1.165) is 35.9 Å². The molecule has 7 nitrogen and oxygen atoms in total. The molecule has 0 bridgehead atoms. The lowest BCUT2D eigenvalue weighted by Crippen LogP contribution is -2.34.